The van der Waals surface area contributed by atoms with Crippen LogP contribution in [0.3, 0.4) is 0 Å². The van der Waals surface area contributed by atoms with E-state index in [2.05, 4.69) is 15.2 Å². The van der Waals surface area contributed by atoms with Gasteiger partial charge in [-0.05, 0) is 56.1 Å². The second kappa shape index (κ2) is 6.57. The first-order chi connectivity index (χ1) is 15.2. The third-order valence-electron chi connectivity index (χ3n) is 8.17. The lowest BCUT2D eigenvalue weighted by molar-refractivity contribution is -0.224. The van der Waals surface area contributed by atoms with Gasteiger partial charge in [-0.25, -0.2) is 4.39 Å². The van der Waals surface area contributed by atoms with Gasteiger partial charge < -0.3 is 14.9 Å². The number of hydrogen-bond acceptors (Lipinski definition) is 6. The molecule has 2 saturated heterocycles. The van der Waals surface area contributed by atoms with Crippen molar-refractivity contribution < 1.29 is 23.9 Å². The Morgan fingerprint density at radius 1 is 1.16 bits per heavy atom. The van der Waals surface area contributed by atoms with Gasteiger partial charge in [0, 0.05) is 26.1 Å². The summed E-state index contributed by atoms with van der Waals surface area (Å²) < 4.78 is 13.8. The van der Waals surface area contributed by atoms with Crippen LogP contribution in [0, 0.1) is 5.41 Å². The second-order valence-electron chi connectivity index (χ2n) is 10.6. The number of piperidine rings is 2. The smallest absolute Gasteiger partial charge is 0.256 e. The Bertz CT molecular complexity index is 1020. The Morgan fingerprint density at radius 3 is 2.53 bits per heavy atom. The highest BCUT2D eigenvalue weighted by molar-refractivity contribution is 6.05. The third-order valence-corrected chi connectivity index (χ3v) is 8.17. The van der Waals surface area contributed by atoms with Crippen LogP contribution >= 0.6 is 0 Å². The highest BCUT2D eigenvalue weighted by Crippen LogP contribution is 2.69. The van der Waals surface area contributed by atoms with Crippen LogP contribution in [-0.4, -0.2) is 69.0 Å². The summed E-state index contributed by atoms with van der Waals surface area (Å²) in [7, 11) is 0. The predicted molar refractivity (Wildman–Crippen MR) is 110 cm³/mol. The summed E-state index contributed by atoms with van der Waals surface area (Å²) >= 11 is 0. The number of carbonyl (C=O) groups is 3. The SMILES string of the molecule is O=C1CCC(N2Cc3nc(C4(O)CCN(CC56CC(F)(C5)C6)CC4)ccc3C2=O)C(=O)N1. The first kappa shape index (κ1) is 20.2. The molecule has 1 aromatic rings. The minimum absolute atomic E-state index is 0.163. The minimum atomic E-state index is -1.06. The van der Waals surface area contributed by atoms with Crippen LogP contribution in [0.15, 0.2) is 12.1 Å². The minimum Gasteiger partial charge on any atom is -0.383 e. The summed E-state index contributed by atoms with van der Waals surface area (Å²) in [6.07, 6.45) is 3.66. The van der Waals surface area contributed by atoms with Crippen molar-refractivity contribution in [3.05, 3.63) is 29.1 Å². The monoisotopic (exact) mass is 442 g/mol. The van der Waals surface area contributed by atoms with E-state index in [-0.39, 0.29) is 30.2 Å². The Labute approximate surface area is 185 Å². The van der Waals surface area contributed by atoms with E-state index in [0.717, 1.165) is 19.6 Å². The van der Waals surface area contributed by atoms with Crippen LogP contribution in [0.5, 0.6) is 0 Å². The van der Waals surface area contributed by atoms with Gasteiger partial charge in [0.1, 0.15) is 17.3 Å². The Morgan fingerprint density at radius 2 is 1.88 bits per heavy atom. The molecule has 3 aliphatic carbocycles. The molecule has 0 aromatic carbocycles. The van der Waals surface area contributed by atoms with E-state index in [0.29, 0.717) is 55.5 Å². The molecule has 8 nitrogen and oxygen atoms in total. The lowest BCUT2D eigenvalue weighted by atomic mass is 9.42. The molecule has 2 N–H and O–H groups in total. The van der Waals surface area contributed by atoms with Gasteiger partial charge in [-0.2, -0.15) is 0 Å². The number of halogens is 1. The summed E-state index contributed by atoms with van der Waals surface area (Å²) in [4.78, 5) is 44.9. The number of imide groups is 1. The maximum Gasteiger partial charge on any atom is 0.256 e. The topological polar surface area (TPSA) is 103 Å². The van der Waals surface area contributed by atoms with Gasteiger partial charge in [0.25, 0.3) is 5.91 Å². The Kier molecular flexibility index (Phi) is 4.16. The number of amides is 3. The standard InChI is InChI=1S/C23H27FN4O4/c24-22-10-21(11-22,12-22)13-27-7-5-23(32,6-8-27)17-3-1-14-15(25-17)9-28(20(14)31)16-2-4-18(29)26-19(16)30/h1,3,16,32H,2,4-13H2,(H,26,29,30). The molecule has 0 radical (unpaired) electrons. The highest BCUT2D eigenvalue weighted by atomic mass is 19.1. The Hall–Kier alpha value is -2.39. The summed E-state index contributed by atoms with van der Waals surface area (Å²) in [6, 6.07) is 2.73. The molecule has 4 heterocycles. The number of pyridine rings is 1. The molecule has 7 rings (SSSR count). The van der Waals surface area contributed by atoms with Crippen LogP contribution in [0.25, 0.3) is 0 Å². The molecule has 2 bridgehead atoms. The van der Waals surface area contributed by atoms with Gasteiger partial charge in [-0.1, -0.05) is 0 Å². The van der Waals surface area contributed by atoms with Gasteiger partial charge in [0.05, 0.1) is 23.5 Å². The van der Waals surface area contributed by atoms with Gasteiger partial charge in [-0.15, -0.1) is 0 Å². The zero-order valence-corrected chi connectivity index (χ0v) is 17.9. The second-order valence-corrected chi connectivity index (χ2v) is 10.6. The van der Waals surface area contributed by atoms with Crippen molar-refractivity contribution in [3.63, 3.8) is 0 Å². The zero-order valence-electron chi connectivity index (χ0n) is 17.9. The average Bonchev–Trinajstić information content (AvgIpc) is 3.03. The molecule has 3 saturated carbocycles. The largest absolute Gasteiger partial charge is 0.383 e. The average molecular weight is 442 g/mol. The fraction of sp³-hybridized carbons (Fsp3) is 0.652. The quantitative estimate of drug-likeness (QED) is 0.675. The number of alkyl halides is 1. The first-order valence-corrected chi connectivity index (χ1v) is 11.5. The fourth-order valence-corrected chi connectivity index (χ4v) is 6.54. The van der Waals surface area contributed by atoms with E-state index in [1.807, 2.05) is 0 Å². The molecule has 6 aliphatic rings. The predicted octanol–water partition coefficient (Wildman–Crippen LogP) is 1.02. The van der Waals surface area contributed by atoms with E-state index in [4.69, 9.17) is 0 Å². The summed E-state index contributed by atoms with van der Waals surface area (Å²) in [6.45, 7) is 2.57. The van der Waals surface area contributed by atoms with Crippen LogP contribution in [-0.2, 0) is 21.7 Å². The number of hydrogen-bond donors (Lipinski definition) is 2. The lowest BCUT2D eigenvalue weighted by Gasteiger charge is -2.67. The fourth-order valence-electron chi connectivity index (χ4n) is 6.54. The molecular weight excluding hydrogens is 415 g/mol. The van der Waals surface area contributed by atoms with Gasteiger partial charge in [-0.3, -0.25) is 24.7 Å². The van der Waals surface area contributed by atoms with Crippen LogP contribution < -0.4 is 5.32 Å². The van der Waals surface area contributed by atoms with Crippen molar-refractivity contribution >= 4 is 17.7 Å². The molecule has 32 heavy (non-hydrogen) atoms. The molecule has 1 atom stereocenters. The number of likely N-dealkylation sites (tertiary alicyclic amines) is 1. The van der Waals surface area contributed by atoms with E-state index in [1.54, 1.807) is 12.1 Å². The van der Waals surface area contributed by atoms with Crippen LogP contribution in [0.4, 0.5) is 4.39 Å². The van der Waals surface area contributed by atoms with Crippen molar-refractivity contribution in [2.24, 2.45) is 5.41 Å². The molecule has 3 aliphatic heterocycles. The molecule has 1 unspecified atom stereocenters. The molecular formula is C23H27FN4O4. The Balaban J connectivity index is 1.13. The van der Waals surface area contributed by atoms with E-state index in [9.17, 15) is 23.9 Å². The van der Waals surface area contributed by atoms with Crippen molar-refractivity contribution in [3.8, 4) is 0 Å². The first-order valence-electron chi connectivity index (χ1n) is 11.5. The molecule has 1 aromatic heterocycles. The lowest BCUT2D eigenvalue weighted by Crippen LogP contribution is -2.68. The normalized spacial score (nSPS) is 35.8. The third kappa shape index (κ3) is 3.01. The maximum atomic E-state index is 13.8. The van der Waals surface area contributed by atoms with Crippen molar-refractivity contribution in [1.82, 2.24) is 20.1 Å². The number of carbonyl (C=O) groups excluding carboxylic acids is 3. The highest BCUT2D eigenvalue weighted by Gasteiger charge is 2.69. The molecule has 9 heteroatoms. The van der Waals surface area contributed by atoms with Gasteiger partial charge in [0.15, 0.2) is 0 Å². The van der Waals surface area contributed by atoms with Crippen LogP contribution in [0.2, 0.25) is 0 Å². The molecule has 170 valence electrons. The summed E-state index contributed by atoms with van der Waals surface area (Å²) in [5.41, 5.74) is -0.211. The maximum absolute atomic E-state index is 13.8. The number of fused-ring (bicyclic) bond motifs is 1. The summed E-state index contributed by atoms with van der Waals surface area (Å²) in [5, 5.41) is 13.6. The molecule has 0 spiro atoms. The summed E-state index contributed by atoms with van der Waals surface area (Å²) in [5.74, 6) is -1.03. The van der Waals surface area contributed by atoms with Crippen molar-refractivity contribution in [2.75, 3.05) is 19.6 Å². The molecule has 3 amide bonds. The number of rotatable bonds is 4. The number of nitrogens with one attached hydrogen (secondary N) is 1. The number of aliphatic hydroxyl groups is 1. The van der Waals surface area contributed by atoms with Gasteiger partial charge >= 0.3 is 0 Å². The van der Waals surface area contributed by atoms with Crippen molar-refractivity contribution in [2.45, 2.75) is 68.8 Å². The van der Waals surface area contributed by atoms with E-state index < -0.39 is 23.2 Å². The van der Waals surface area contributed by atoms with E-state index in [1.165, 1.54) is 4.90 Å². The zero-order chi connectivity index (χ0) is 22.3. The number of nitrogens with zero attached hydrogens (tertiary/aromatic N) is 3. The van der Waals surface area contributed by atoms with Crippen molar-refractivity contribution in [1.29, 1.82) is 0 Å². The van der Waals surface area contributed by atoms with Gasteiger partial charge in [0.2, 0.25) is 11.8 Å². The number of aromatic nitrogens is 1. The van der Waals surface area contributed by atoms with Crippen LogP contribution in [0.1, 0.15) is 66.7 Å². The molecule has 5 fully saturated rings. The van der Waals surface area contributed by atoms with E-state index >= 15 is 0 Å².